The summed E-state index contributed by atoms with van der Waals surface area (Å²) < 4.78 is 70.7. The van der Waals surface area contributed by atoms with Crippen molar-refractivity contribution in [3.05, 3.63) is 35.3 Å². The van der Waals surface area contributed by atoms with Gasteiger partial charge in [-0.1, -0.05) is 0 Å². The number of amides is 3. The Balaban J connectivity index is 1.46. The minimum atomic E-state index is -3.25. The highest BCUT2D eigenvalue weighted by atomic mass is 19.3. The highest BCUT2D eigenvalue weighted by Crippen LogP contribution is 2.49. The Hall–Kier alpha value is -3.69. The second-order valence-electron chi connectivity index (χ2n) is 10.1. The molecular formula is C25H24F5N5O3. The lowest BCUT2D eigenvalue weighted by Gasteiger charge is -2.53. The number of nitriles is 1. The number of piperidine rings is 2. The Kier molecular flexibility index (Phi) is 6.53. The molecule has 4 fully saturated rings. The molecule has 3 amide bonds. The number of aromatic nitrogens is 1. The zero-order valence-corrected chi connectivity index (χ0v) is 19.9. The number of nitrogens with zero attached hydrogens (tertiary/aromatic N) is 2. The van der Waals surface area contributed by atoms with Crippen LogP contribution in [0.25, 0.3) is 10.9 Å². The minimum Gasteiger partial charge on any atom is -0.356 e. The van der Waals surface area contributed by atoms with Crippen LogP contribution in [0.5, 0.6) is 0 Å². The van der Waals surface area contributed by atoms with Crippen LogP contribution in [0, 0.1) is 29.0 Å². The third kappa shape index (κ3) is 4.46. The van der Waals surface area contributed by atoms with E-state index in [9.17, 15) is 41.6 Å². The maximum Gasteiger partial charge on any atom is 0.271 e. The van der Waals surface area contributed by atoms with Crippen molar-refractivity contribution < 1.29 is 36.3 Å². The van der Waals surface area contributed by atoms with Crippen LogP contribution in [-0.2, 0) is 9.59 Å². The van der Waals surface area contributed by atoms with Crippen LogP contribution in [0.15, 0.2) is 18.2 Å². The predicted octanol–water partition coefficient (Wildman–Crippen LogP) is 3.41. The lowest BCUT2D eigenvalue weighted by Crippen LogP contribution is -2.68. The molecule has 38 heavy (non-hydrogen) atoms. The summed E-state index contributed by atoms with van der Waals surface area (Å²) >= 11 is 0. The van der Waals surface area contributed by atoms with Gasteiger partial charge in [-0.05, 0) is 43.9 Å². The maximum absolute atomic E-state index is 14.9. The molecule has 4 aliphatic rings. The smallest absolute Gasteiger partial charge is 0.271 e. The van der Waals surface area contributed by atoms with E-state index in [0.717, 1.165) is 17.0 Å². The van der Waals surface area contributed by atoms with Gasteiger partial charge in [-0.25, -0.2) is 22.0 Å². The van der Waals surface area contributed by atoms with Gasteiger partial charge in [-0.15, -0.1) is 0 Å². The van der Waals surface area contributed by atoms with Crippen LogP contribution in [0.1, 0.15) is 54.6 Å². The van der Waals surface area contributed by atoms with Crippen molar-refractivity contribution in [1.29, 1.82) is 5.26 Å². The summed E-state index contributed by atoms with van der Waals surface area (Å²) in [7, 11) is 0. The number of hydrogen-bond donors (Lipinski definition) is 3. The number of fused-ring (bicyclic) bond motifs is 4. The molecule has 3 N–H and O–H groups in total. The molecule has 1 aliphatic carbocycles. The quantitative estimate of drug-likeness (QED) is 0.490. The average Bonchev–Trinajstić information content (AvgIpc) is 3.47. The monoisotopic (exact) mass is 537 g/mol. The van der Waals surface area contributed by atoms with E-state index >= 15 is 0 Å². The second kappa shape index (κ2) is 9.56. The molecule has 0 unspecified atom stereocenters. The van der Waals surface area contributed by atoms with Gasteiger partial charge in [-0.2, -0.15) is 5.26 Å². The first kappa shape index (κ1) is 25.9. The molecule has 1 saturated carbocycles. The summed E-state index contributed by atoms with van der Waals surface area (Å²) in [6, 6.07) is 0.789. The summed E-state index contributed by atoms with van der Waals surface area (Å²) in [4.78, 5) is 42.5. The lowest BCUT2D eigenvalue weighted by atomic mass is 9.71. The highest BCUT2D eigenvalue weighted by Gasteiger charge is 2.60. The number of nitrogens with one attached hydrogen (secondary N) is 3. The standard InChI is InChI=1S/C25H24F5N5O3/c26-12-6-16(21(27)28)15-8-19(34-18(15)7-12)24(38)35-14-1-2-17(25(29,30)9-14)20(35)23(37)33-13(10-31)5-11-3-4-32-22(11)36/h6-8,11,13-14,17,20-21,34H,1-5,9H2,(H,32,36)(H,33,37)/t11-,13+,14-,17-,20+/m1/s1. The van der Waals surface area contributed by atoms with E-state index < -0.39 is 71.9 Å². The van der Waals surface area contributed by atoms with Gasteiger partial charge < -0.3 is 20.5 Å². The number of hydrogen-bond acceptors (Lipinski definition) is 4. The van der Waals surface area contributed by atoms with Crippen molar-refractivity contribution in [3.8, 4) is 6.07 Å². The molecular weight excluding hydrogens is 513 g/mol. The first-order valence-electron chi connectivity index (χ1n) is 12.3. The topological polar surface area (TPSA) is 118 Å². The minimum absolute atomic E-state index is 0.0107. The largest absolute Gasteiger partial charge is 0.356 e. The number of carbonyl (C=O) groups is 3. The molecule has 13 heteroatoms. The number of H-pyrrole nitrogens is 1. The summed E-state index contributed by atoms with van der Waals surface area (Å²) in [5.74, 6) is -8.31. The lowest BCUT2D eigenvalue weighted by molar-refractivity contribution is -0.179. The molecule has 2 bridgehead atoms. The van der Waals surface area contributed by atoms with Crippen molar-refractivity contribution in [2.75, 3.05) is 6.54 Å². The Morgan fingerprint density at radius 1 is 1.21 bits per heavy atom. The van der Waals surface area contributed by atoms with Gasteiger partial charge in [0.1, 0.15) is 23.6 Å². The summed E-state index contributed by atoms with van der Waals surface area (Å²) in [5.41, 5.74) is -0.957. The van der Waals surface area contributed by atoms with Crippen molar-refractivity contribution in [2.45, 2.75) is 62.6 Å². The van der Waals surface area contributed by atoms with Crippen LogP contribution in [0.3, 0.4) is 0 Å². The third-order valence-corrected chi connectivity index (χ3v) is 7.79. The van der Waals surface area contributed by atoms with Crippen molar-refractivity contribution in [1.82, 2.24) is 20.5 Å². The molecule has 5 atom stereocenters. The van der Waals surface area contributed by atoms with E-state index in [1.807, 2.05) is 6.07 Å². The molecule has 8 nitrogen and oxygen atoms in total. The van der Waals surface area contributed by atoms with Crippen LogP contribution in [0.2, 0.25) is 0 Å². The SMILES string of the molecule is N#C[C@H](C[C@H]1CCNC1=O)NC(=O)[C@@H]1[C@H]2CC[C@H](CC2(F)F)N1C(=O)c1cc2c(C(F)F)cc(F)cc2[nH]1. The van der Waals surface area contributed by atoms with Crippen LogP contribution in [0.4, 0.5) is 22.0 Å². The van der Waals surface area contributed by atoms with Crippen LogP contribution < -0.4 is 10.6 Å². The molecule has 6 rings (SSSR count). The highest BCUT2D eigenvalue weighted by molar-refractivity contribution is 6.01. The van der Waals surface area contributed by atoms with E-state index in [0.29, 0.717) is 19.0 Å². The molecule has 2 aromatic rings. The van der Waals surface area contributed by atoms with E-state index in [-0.39, 0.29) is 41.8 Å². The molecule has 3 aliphatic heterocycles. The van der Waals surface area contributed by atoms with Gasteiger partial charge >= 0.3 is 0 Å². The second-order valence-corrected chi connectivity index (χ2v) is 10.1. The van der Waals surface area contributed by atoms with Crippen LogP contribution >= 0.6 is 0 Å². The fraction of sp³-hybridized carbons (Fsp3) is 0.520. The molecule has 0 spiro atoms. The Labute approximate surface area is 213 Å². The number of carbonyl (C=O) groups excluding carboxylic acids is 3. The van der Waals surface area contributed by atoms with E-state index in [2.05, 4.69) is 15.6 Å². The Morgan fingerprint density at radius 2 is 1.97 bits per heavy atom. The fourth-order valence-electron chi connectivity index (χ4n) is 6.02. The summed E-state index contributed by atoms with van der Waals surface area (Å²) in [6.07, 6.45) is -3.07. The number of benzene rings is 1. The third-order valence-electron chi connectivity index (χ3n) is 7.79. The number of alkyl halides is 4. The van der Waals surface area contributed by atoms with Gasteiger partial charge in [0.25, 0.3) is 18.3 Å². The zero-order chi connectivity index (χ0) is 27.4. The van der Waals surface area contributed by atoms with Gasteiger partial charge in [-0.3, -0.25) is 14.4 Å². The average molecular weight is 537 g/mol. The summed E-state index contributed by atoms with van der Waals surface area (Å²) in [5, 5.41) is 14.5. The van der Waals surface area contributed by atoms with Crippen molar-refractivity contribution in [3.63, 3.8) is 0 Å². The molecule has 202 valence electrons. The Morgan fingerprint density at radius 3 is 2.61 bits per heavy atom. The maximum atomic E-state index is 14.9. The molecule has 4 heterocycles. The number of aromatic amines is 1. The van der Waals surface area contributed by atoms with Gasteiger partial charge in [0.15, 0.2) is 0 Å². The molecule has 0 radical (unpaired) electrons. The first-order valence-corrected chi connectivity index (χ1v) is 12.3. The summed E-state index contributed by atoms with van der Waals surface area (Å²) in [6.45, 7) is 0.429. The fourth-order valence-corrected chi connectivity index (χ4v) is 6.02. The van der Waals surface area contributed by atoms with E-state index in [4.69, 9.17) is 0 Å². The van der Waals surface area contributed by atoms with Crippen molar-refractivity contribution >= 4 is 28.6 Å². The Bertz CT molecular complexity index is 1340. The molecule has 1 aromatic carbocycles. The van der Waals surface area contributed by atoms with Crippen molar-refractivity contribution in [2.24, 2.45) is 11.8 Å². The van der Waals surface area contributed by atoms with E-state index in [1.165, 1.54) is 0 Å². The van der Waals surface area contributed by atoms with Gasteiger partial charge in [0.05, 0.1) is 12.0 Å². The first-order chi connectivity index (χ1) is 18.0. The van der Waals surface area contributed by atoms with E-state index in [1.54, 1.807) is 0 Å². The van der Waals surface area contributed by atoms with Gasteiger partial charge in [0, 0.05) is 41.4 Å². The van der Waals surface area contributed by atoms with Crippen LogP contribution in [-0.4, -0.2) is 58.2 Å². The number of halogens is 5. The number of rotatable bonds is 6. The molecule has 3 saturated heterocycles. The zero-order valence-electron chi connectivity index (χ0n) is 19.9. The normalized spacial score (nSPS) is 26.9. The van der Waals surface area contributed by atoms with Gasteiger partial charge in [0.2, 0.25) is 11.8 Å². The predicted molar refractivity (Wildman–Crippen MR) is 123 cm³/mol. The molecule has 1 aromatic heterocycles.